The van der Waals surface area contributed by atoms with Crippen molar-refractivity contribution < 1.29 is 8.42 Å². The fourth-order valence-electron chi connectivity index (χ4n) is 1.83. The number of guanidine groups is 1. The normalized spacial score (nSPS) is 12.8. The van der Waals surface area contributed by atoms with Gasteiger partial charge in [-0.15, -0.1) is 0 Å². The molecule has 0 fully saturated rings. The summed E-state index contributed by atoms with van der Waals surface area (Å²) in [5.74, 6) is 0.716. The van der Waals surface area contributed by atoms with Crippen molar-refractivity contribution in [2.24, 2.45) is 4.99 Å². The predicted molar refractivity (Wildman–Crippen MR) is 105 cm³/mol. The molecule has 0 radical (unpaired) electrons. The highest BCUT2D eigenvalue weighted by atomic mass is 32.2. The standard InChI is InChI=1S/C16H28N4O2S2/c1-6-17-15(19-12-16(2,3)23-4)18-11-13-9-7-8-10-14(13)20-24(5,21)22/h7-10,20H,6,11-12H2,1-5H3,(H2,17,18,19). The Morgan fingerprint density at radius 3 is 2.50 bits per heavy atom. The summed E-state index contributed by atoms with van der Waals surface area (Å²) < 4.78 is 25.6. The van der Waals surface area contributed by atoms with Crippen LogP contribution >= 0.6 is 11.8 Å². The zero-order chi connectivity index (χ0) is 18.2. The maximum Gasteiger partial charge on any atom is 0.229 e. The quantitative estimate of drug-likeness (QED) is 0.482. The summed E-state index contributed by atoms with van der Waals surface area (Å²) in [4.78, 5) is 4.56. The largest absolute Gasteiger partial charge is 0.357 e. The van der Waals surface area contributed by atoms with E-state index in [1.807, 2.05) is 19.1 Å². The zero-order valence-electron chi connectivity index (χ0n) is 15.0. The van der Waals surface area contributed by atoms with E-state index in [9.17, 15) is 8.42 Å². The van der Waals surface area contributed by atoms with Crippen molar-refractivity contribution in [2.75, 3.05) is 30.3 Å². The molecule has 0 bridgehead atoms. The molecule has 1 rings (SSSR count). The second kappa shape index (κ2) is 9.17. The van der Waals surface area contributed by atoms with E-state index in [2.05, 4.69) is 40.5 Å². The number of nitrogens with zero attached hydrogens (tertiary/aromatic N) is 1. The Morgan fingerprint density at radius 2 is 1.92 bits per heavy atom. The SMILES string of the molecule is CCNC(=NCc1ccccc1NS(C)(=O)=O)NCC(C)(C)SC. The van der Waals surface area contributed by atoms with E-state index >= 15 is 0 Å². The van der Waals surface area contributed by atoms with Gasteiger partial charge in [0.25, 0.3) is 0 Å². The highest BCUT2D eigenvalue weighted by Crippen LogP contribution is 2.20. The first-order valence-corrected chi connectivity index (χ1v) is 10.9. The molecule has 0 aliphatic rings. The van der Waals surface area contributed by atoms with Crippen LogP contribution in [-0.4, -0.2) is 44.7 Å². The molecule has 0 aliphatic carbocycles. The third kappa shape index (κ3) is 7.92. The Morgan fingerprint density at radius 1 is 1.25 bits per heavy atom. The lowest BCUT2D eigenvalue weighted by Crippen LogP contribution is -2.43. The predicted octanol–water partition coefficient (Wildman–Crippen LogP) is 2.25. The number of sulfonamides is 1. The lowest BCUT2D eigenvalue weighted by atomic mass is 10.2. The number of anilines is 1. The second-order valence-electron chi connectivity index (χ2n) is 6.04. The average Bonchev–Trinajstić information content (AvgIpc) is 2.50. The summed E-state index contributed by atoms with van der Waals surface area (Å²) in [5.41, 5.74) is 1.38. The van der Waals surface area contributed by atoms with Gasteiger partial charge >= 0.3 is 0 Å². The number of rotatable bonds is 8. The molecule has 0 unspecified atom stereocenters. The van der Waals surface area contributed by atoms with Gasteiger partial charge in [0.05, 0.1) is 18.5 Å². The van der Waals surface area contributed by atoms with Gasteiger partial charge in [-0.25, -0.2) is 13.4 Å². The molecule has 3 N–H and O–H groups in total. The van der Waals surface area contributed by atoms with Gasteiger partial charge in [-0.2, -0.15) is 11.8 Å². The monoisotopic (exact) mass is 372 g/mol. The van der Waals surface area contributed by atoms with Crippen molar-refractivity contribution in [1.29, 1.82) is 0 Å². The molecule has 0 spiro atoms. The first-order chi connectivity index (χ1) is 11.2. The fourth-order valence-corrected chi connectivity index (χ4v) is 2.65. The molecule has 136 valence electrons. The van der Waals surface area contributed by atoms with E-state index in [0.717, 1.165) is 24.9 Å². The summed E-state index contributed by atoms with van der Waals surface area (Å²) in [6.07, 6.45) is 3.22. The van der Waals surface area contributed by atoms with Gasteiger partial charge in [-0.1, -0.05) is 18.2 Å². The third-order valence-corrected chi connectivity index (χ3v) is 5.14. The van der Waals surface area contributed by atoms with Gasteiger partial charge in [-0.3, -0.25) is 4.72 Å². The second-order valence-corrected chi connectivity index (χ2v) is 9.31. The van der Waals surface area contributed by atoms with E-state index in [1.165, 1.54) is 0 Å². The molecule has 0 amide bonds. The van der Waals surface area contributed by atoms with Crippen LogP contribution in [0.4, 0.5) is 5.69 Å². The van der Waals surface area contributed by atoms with Gasteiger partial charge in [-0.05, 0) is 38.7 Å². The van der Waals surface area contributed by atoms with Gasteiger partial charge < -0.3 is 10.6 Å². The van der Waals surface area contributed by atoms with Gasteiger partial charge in [0.1, 0.15) is 0 Å². The van der Waals surface area contributed by atoms with Crippen LogP contribution in [0.5, 0.6) is 0 Å². The van der Waals surface area contributed by atoms with Crippen LogP contribution in [0.3, 0.4) is 0 Å². The molecule has 0 atom stereocenters. The molecule has 0 aliphatic heterocycles. The Kier molecular flexibility index (Phi) is 7.89. The molecule has 0 saturated heterocycles. The molecule has 0 heterocycles. The van der Waals surface area contributed by atoms with Crippen molar-refractivity contribution in [3.8, 4) is 0 Å². The minimum Gasteiger partial charge on any atom is -0.357 e. The molecule has 0 saturated carbocycles. The van der Waals surface area contributed by atoms with E-state index in [0.29, 0.717) is 18.2 Å². The number of thioether (sulfide) groups is 1. The van der Waals surface area contributed by atoms with Gasteiger partial charge in [0.2, 0.25) is 10.0 Å². The molecule has 24 heavy (non-hydrogen) atoms. The molecular formula is C16H28N4O2S2. The maximum atomic E-state index is 11.5. The van der Waals surface area contributed by atoms with E-state index in [1.54, 1.807) is 23.9 Å². The number of aliphatic imine (C=N–C) groups is 1. The smallest absolute Gasteiger partial charge is 0.229 e. The van der Waals surface area contributed by atoms with Gasteiger partial charge in [0.15, 0.2) is 5.96 Å². The number of benzene rings is 1. The van der Waals surface area contributed by atoms with Crippen molar-refractivity contribution in [2.45, 2.75) is 32.1 Å². The summed E-state index contributed by atoms with van der Waals surface area (Å²) in [6.45, 7) is 8.26. The van der Waals surface area contributed by atoms with Crippen molar-refractivity contribution in [3.05, 3.63) is 29.8 Å². The van der Waals surface area contributed by atoms with Crippen LogP contribution in [-0.2, 0) is 16.6 Å². The molecule has 1 aromatic carbocycles. The van der Waals surface area contributed by atoms with E-state index in [4.69, 9.17) is 0 Å². The molecule has 0 aromatic heterocycles. The van der Waals surface area contributed by atoms with Gasteiger partial charge in [0, 0.05) is 17.8 Å². The summed E-state index contributed by atoms with van der Waals surface area (Å²) in [7, 11) is -3.31. The topological polar surface area (TPSA) is 82.6 Å². The summed E-state index contributed by atoms with van der Waals surface area (Å²) in [5, 5.41) is 6.54. The third-order valence-electron chi connectivity index (χ3n) is 3.30. The van der Waals surface area contributed by atoms with Crippen LogP contribution in [0.1, 0.15) is 26.3 Å². The lowest BCUT2D eigenvalue weighted by Gasteiger charge is -2.23. The Labute approximate surface area is 150 Å². The number of para-hydroxylation sites is 1. The van der Waals surface area contributed by atoms with Crippen molar-refractivity contribution >= 4 is 33.4 Å². The molecule has 6 nitrogen and oxygen atoms in total. The maximum absolute atomic E-state index is 11.5. The first kappa shape index (κ1) is 20.6. The van der Waals surface area contributed by atoms with Crippen LogP contribution in [0.25, 0.3) is 0 Å². The van der Waals surface area contributed by atoms with Crippen molar-refractivity contribution in [1.82, 2.24) is 10.6 Å². The Bertz CT molecular complexity index is 658. The number of nitrogens with one attached hydrogen (secondary N) is 3. The van der Waals surface area contributed by atoms with E-state index in [-0.39, 0.29) is 4.75 Å². The number of hydrogen-bond acceptors (Lipinski definition) is 4. The van der Waals surface area contributed by atoms with E-state index < -0.39 is 10.0 Å². The summed E-state index contributed by atoms with van der Waals surface area (Å²) in [6, 6.07) is 7.27. The number of hydrogen-bond donors (Lipinski definition) is 3. The fraction of sp³-hybridized carbons (Fsp3) is 0.562. The van der Waals surface area contributed by atoms with Crippen molar-refractivity contribution in [3.63, 3.8) is 0 Å². The molecular weight excluding hydrogens is 344 g/mol. The van der Waals surface area contributed by atoms with Crippen LogP contribution in [0.2, 0.25) is 0 Å². The highest BCUT2D eigenvalue weighted by molar-refractivity contribution is 7.99. The van der Waals surface area contributed by atoms with Crippen LogP contribution in [0, 0.1) is 0 Å². The first-order valence-electron chi connectivity index (χ1n) is 7.80. The zero-order valence-corrected chi connectivity index (χ0v) is 16.6. The minimum absolute atomic E-state index is 0.103. The molecule has 8 heteroatoms. The van der Waals surface area contributed by atoms with Crippen LogP contribution < -0.4 is 15.4 Å². The average molecular weight is 373 g/mol. The highest BCUT2D eigenvalue weighted by Gasteiger charge is 2.16. The Hall–Kier alpha value is -1.41. The minimum atomic E-state index is -3.31. The summed E-state index contributed by atoms with van der Waals surface area (Å²) >= 11 is 1.79. The molecule has 1 aromatic rings. The van der Waals surface area contributed by atoms with Crippen LogP contribution in [0.15, 0.2) is 29.3 Å². The lowest BCUT2D eigenvalue weighted by molar-refractivity contribution is 0.606. The Balaban J connectivity index is 2.86.